The summed E-state index contributed by atoms with van der Waals surface area (Å²) >= 11 is 0. The molecule has 0 aromatic carbocycles. The van der Waals surface area contributed by atoms with Crippen LogP contribution in [0.4, 0.5) is 4.79 Å². The Hall–Kier alpha value is -0.860. The van der Waals surface area contributed by atoms with E-state index in [1.54, 1.807) is 13.8 Å². The van der Waals surface area contributed by atoms with Crippen molar-refractivity contribution < 1.29 is 23.1 Å². The van der Waals surface area contributed by atoms with E-state index in [4.69, 9.17) is 9.84 Å². The smallest absolute Gasteiger partial charge is 0.422 e. The molecule has 2 N–H and O–H groups in total. The second-order valence-corrected chi connectivity index (χ2v) is 6.61. The SMILES string of the molecule is CC(C)OC(=O)NS(=O)(=O)N(C)CC1CC(O)C1. The molecule has 1 fully saturated rings. The molecule has 8 heteroatoms. The van der Waals surface area contributed by atoms with Crippen molar-refractivity contribution in [2.75, 3.05) is 13.6 Å². The summed E-state index contributed by atoms with van der Waals surface area (Å²) in [7, 11) is -2.48. The Labute approximate surface area is 107 Å². The van der Waals surface area contributed by atoms with E-state index < -0.39 is 16.3 Å². The Morgan fingerprint density at radius 2 is 2.06 bits per heavy atom. The Morgan fingerprint density at radius 3 is 2.50 bits per heavy atom. The van der Waals surface area contributed by atoms with Gasteiger partial charge in [-0.1, -0.05) is 0 Å². The van der Waals surface area contributed by atoms with Crippen LogP contribution in [0.15, 0.2) is 0 Å². The van der Waals surface area contributed by atoms with Gasteiger partial charge in [-0.25, -0.2) is 9.52 Å². The number of carbonyl (C=O) groups is 1. The Bertz CT molecular complexity index is 389. The van der Waals surface area contributed by atoms with E-state index in [9.17, 15) is 13.2 Å². The van der Waals surface area contributed by atoms with Crippen LogP contribution in [0.5, 0.6) is 0 Å². The van der Waals surface area contributed by atoms with E-state index in [1.165, 1.54) is 7.05 Å². The third-order valence-electron chi connectivity index (χ3n) is 2.69. The van der Waals surface area contributed by atoms with Gasteiger partial charge in [-0.15, -0.1) is 0 Å². The second-order valence-electron chi connectivity index (χ2n) is 4.83. The lowest BCUT2D eigenvalue weighted by atomic mass is 9.82. The standard InChI is InChI=1S/C10H20N2O5S/c1-7(2)17-10(14)11-18(15,16)12(3)6-8-4-9(13)5-8/h7-9,13H,4-6H2,1-3H3,(H,11,14). The quantitative estimate of drug-likeness (QED) is 0.743. The summed E-state index contributed by atoms with van der Waals surface area (Å²) in [5.41, 5.74) is 0. The number of amides is 1. The average Bonchev–Trinajstić information content (AvgIpc) is 2.12. The van der Waals surface area contributed by atoms with Crippen LogP contribution in [0, 0.1) is 5.92 Å². The zero-order chi connectivity index (χ0) is 13.9. The zero-order valence-corrected chi connectivity index (χ0v) is 11.6. The zero-order valence-electron chi connectivity index (χ0n) is 10.8. The minimum absolute atomic E-state index is 0.141. The highest BCUT2D eigenvalue weighted by atomic mass is 32.2. The van der Waals surface area contributed by atoms with E-state index in [0.29, 0.717) is 12.8 Å². The highest BCUT2D eigenvalue weighted by molar-refractivity contribution is 7.87. The number of ether oxygens (including phenoxy) is 1. The van der Waals surface area contributed by atoms with Gasteiger partial charge in [0.15, 0.2) is 0 Å². The molecule has 1 aliphatic carbocycles. The summed E-state index contributed by atoms with van der Waals surface area (Å²) in [5.74, 6) is 0.141. The number of nitrogens with zero attached hydrogens (tertiary/aromatic N) is 1. The minimum atomic E-state index is -3.87. The van der Waals surface area contributed by atoms with Crippen LogP contribution in [0.25, 0.3) is 0 Å². The van der Waals surface area contributed by atoms with Crippen molar-refractivity contribution in [3.05, 3.63) is 0 Å². The second kappa shape index (κ2) is 5.85. The van der Waals surface area contributed by atoms with Crippen molar-refractivity contribution in [3.63, 3.8) is 0 Å². The van der Waals surface area contributed by atoms with Crippen molar-refractivity contribution in [1.29, 1.82) is 0 Å². The fraction of sp³-hybridized carbons (Fsp3) is 0.900. The number of hydrogen-bond acceptors (Lipinski definition) is 5. The molecule has 7 nitrogen and oxygen atoms in total. The summed E-state index contributed by atoms with van der Waals surface area (Å²) in [5, 5.41) is 9.12. The van der Waals surface area contributed by atoms with Crippen molar-refractivity contribution in [1.82, 2.24) is 9.03 Å². The molecule has 0 bridgehead atoms. The van der Waals surface area contributed by atoms with Gasteiger partial charge < -0.3 is 9.84 Å². The van der Waals surface area contributed by atoms with E-state index in [2.05, 4.69) is 0 Å². The lowest BCUT2D eigenvalue weighted by Gasteiger charge is -2.33. The molecule has 0 atom stereocenters. The molecule has 1 rings (SSSR count). The highest BCUT2D eigenvalue weighted by Gasteiger charge is 2.31. The highest BCUT2D eigenvalue weighted by Crippen LogP contribution is 2.27. The first-order chi connectivity index (χ1) is 8.20. The predicted molar refractivity (Wildman–Crippen MR) is 65.0 cm³/mol. The maximum atomic E-state index is 11.7. The number of aliphatic hydroxyl groups excluding tert-OH is 1. The Balaban J connectivity index is 2.44. The summed E-state index contributed by atoms with van der Waals surface area (Å²) in [4.78, 5) is 11.2. The van der Waals surface area contributed by atoms with Gasteiger partial charge in [0, 0.05) is 13.6 Å². The predicted octanol–water partition coefficient (Wildman–Crippen LogP) is 0.0685. The third kappa shape index (κ3) is 4.43. The number of aliphatic hydroxyl groups is 1. The van der Waals surface area contributed by atoms with E-state index in [1.807, 2.05) is 4.72 Å². The van der Waals surface area contributed by atoms with E-state index >= 15 is 0 Å². The molecule has 1 amide bonds. The van der Waals surface area contributed by atoms with Crippen LogP contribution in [-0.4, -0.2) is 49.7 Å². The van der Waals surface area contributed by atoms with Crippen LogP contribution < -0.4 is 4.72 Å². The maximum absolute atomic E-state index is 11.7. The van der Waals surface area contributed by atoms with Gasteiger partial charge in [0.1, 0.15) is 0 Å². The molecule has 106 valence electrons. The van der Waals surface area contributed by atoms with Crippen LogP contribution in [0.3, 0.4) is 0 Å². The van der Waals surface area contributed by atoms with Crippen LogP contribution in [-0.2, 0) is 14.9 Å². The normalized spacial score (nSPS) is 23.9. The molecule has 18 heavy (non-hydrogen) atoms. The molecule has 0 aromatic rings. The molecule has 0 spiro atoms. The summed E-state index contributed by atoms with van der Waals surface area (Å²) < 4.78 is 31.1. The van der Waals surface area contributed by atoms with Gasteiger partial charge in [0.2, 0.25) is 0 Å². The van der Waals surface area contributed by atoms with Crippen molar-refractivity contribution in [3.8, 4) is 0 Å². The van der Waals surface area contributed by atoms with Crippen LogP contribution >= 0.6 is 0 Å². The molecule has 0 saturated heterocycles. The molecular formula is C10H20N2O5S. The van der Waals surface area contributed by atoms with Gasteiger partial charge in [-0.2, -0.15) is 12.7 Å². The fourth-order valence-electron chi connectivity index (χ4n) is 1.73. The summed E-state index contributed by atoms with van der Waals surface area (Å²) in [6.07, 6.45) is -0.505. The number of hydrogen-bond donors (Lipinski definition) is 2. The minimum Gasteiger partial charge on any atom is -0.446 e. The molecule has 0 unspecified atom stereocenters. The van der Waals surface area contributed by atoms with E-state index in [0.717, 1.165) is 4.31 Å². The average molecular weight is 280 g/mol. The third-order valence-corrected chi connectivity index (χ3v) is 4.09. The number of nitrogens with one attached hydrogen (secondary N) is 1. The first-order valence-corrected chi connectivity index (χ1v) is 7.27. The molecular weight excluding hydrogens is 260 g/mol. The number of rotatable bonds is 5. The van der Waals surface area contributed by atoms with Gasteiger partial charge in [0.25, 0.3) is 0 Å². The van der Waals surface area contributed by atoms with Crippen molar-refractivity contribution in [2.45, 2.75) is 38.9 Å². The van der Waals surface area contributed by atoms with Crippen LogP contribution in [0.1, 0.15) is 26.7 Å². The van der Waals surface area contributed by atoms with Gasteiger partial charge in [-0.05, 0) is 32.6 Å². The molecule has 0 heterocycles. The van der Waals surface area contributed by atoms with Gasteiger partial charge in [-0.3, -0.25) is 0 Å². The van der Waals surface area contributed by atoms with Gasteiger partial charge >= 0.3 is 16.3 Å². The molecule has 0 aliphatic heterocycles. The summed E-state index contributed by atoms with van der Waals surface area (Å²) in [6, 6.07) is 0. The Kier molecular flexibility index (Phi) is 4.94. The topological polar surface area (TPSA) is 95.9 Å². The lowest BCUT2D eigenvalue weighted by Crippen LogP contribution is -2.46. The lowest BCUT2D eigenvalue weighted by molar-refractivity contribution is 0.0365. The van der Waals surface area contributed by atoms with Crippen molar-refractivity contribution in [2.24, 2.45) is 5.92 Å². The molecule has 0 aromatic heterocycles. The Morgan fingerprint density at radius 1 is 1.50 bits per heavy atom. The maximum Gasteiger partial charge on any atom is 0.422 e. The molecule has 1 saturated carbocycles. The van der Waals surface area contributed by atoms with Gasteiger partial charge in [0.05, 0.1) is 12.2 Å². The molecule has 0 radical (unpaired) electrons. The first kappa shape index (κ1) is 15.2. The summed E-state index contributed by atoms with van der Waals surface area (Å²) in [6.45, 7) is 3.54. The number of carbonyl (C=O) groups excluding carboxylic acids is 1. The van der Waals surface area contributed by atoms with Crippen molar-refractivity contribution >= 4 is 16.3 Å². The monoisotopic (exact) mass is 280 g/mol. The van der Waals surface area contributed by atoms with E-state index in [-0.39, 0.29) is 24.7 Å². The fourth-order valence-corrected chi connectivity index (χ4v) is 2.55. The van der Waals surface area contributed by atoms with Crippen LogP contribution in [0.2, 0.25) is 0 Å². The first-order valence-electron chi connectivity index (χ1n) is 5.83. The largest absolute Gasteiger partial charge is 0.446 e. The molecule has 1 aliphatic rings.